The molecule has 0 amide bonds. The summed E-state index contributed by atoms with van der Waals surface area (Å²) in [5.74, 6) is 0. The molecule has 0 saturated carbocycles. The van der Waals surface area contributed by atoms with Gasteiger partial charge in [-0.25, -0.2) is 0 Å². The zero-order valence-corrected chi connectivity index (χ0v) is 29.4. The molecule has 242 valence electrons. The van der Waals surface area contributed by atoms with Gasteiger partial charge in [0.2, 0.25) is 0 Å². The molecule has 10 rings (SSSR count). The third-order valence-corrected chi connectivity index (χ3v) is 12.0. The van der Waals surface area contributed by atoms with Crippen molar-refractivity contribution in [3.8, 4) is 33.4 Å². The maximum absolute atomic E-state index is 2.39. The monoisotopic (exact) mass is 669 g/mol. The van der Waals surface area contributed by atoms with Crippen LogP contribution in [-0.4, -0.2) is 0 Å². The fraction of sp³-hybridized carbons (Fsp3) is 0.0612. The summed E-state index contributed by atoms with van der Waals surface area (Å²) >= 11 is 1.90. The lowest BCUT2D eigenvalue weighted by atomic mass is 9.82. The van der Waals surface area contributed by atoms with E-state index in [0.29, 0.717) is 0 Å². The van der Waals surface area contributed by atoms with Crippen molar-refractivity contribution in [1.82, 2.24) is 0 Å². The van der Waals surface area contributed by atoms with Crippen molar-refractivity contribution in [3.63, 3.8) is 0 Å². The van der Waals surface area contributed by atoms with E-state index in [2.05, 4.69) is 195 Å². The Labute approximate surface area is 302 Å². The molecule has 1 aliphatic carbocycles. The van der Waals surface area contributed by atoms with Crippen LogP contribution in [0.3, 0.4) is 0 Å². The second-order valence-electron chi connectivity index (χ2n) is 14.2. The van der Waals surface area contributed by atoms with Crippen molar-refractivity contribution in [1.29, 1.82) is 0 Å². The highest BCUT2D eigenvalue weighted by atomic mass is 32.1. The lowest BCUT2D eigenvalue weighted by Crippen LogP contribution is -2.14. The van der Waals surface area contributed by atoms with E-state index in [4.69, 9.17) is 0 Å². The minimum absolute atomic E-state index is 0.0178. The summed E-state index contributed by atoms with van der Waals surface area (Å²) in [6.45, 7) is 4.73. The number of nitrogens with zero attached hydrogens (tertiary/aromatic N) is 1. The van der Waals surface area contributed by atoms with Gasteiger partial charge in [0.1, 0.15) is 0 Å². The Kier molecular flexibility index (Phi) is 6.78. The molecule has 1 aromatic heterocycles. The number of fused-ring (bicyclic) bond motifs is 8. The average molecular weight is 670 g/mol. The van der Waals surface area contributed by atoms with Gasteiger partial charge in [-0.15, -0.1) is 11.3 Å². The number of hydrogen-bond acceptors (Lipinski definition) is 2. The van der Waals surface area contributed by atoms with Crippen LogP contribution in [0.4, 0.5) is 17.1 Å². The Morgan fingerprint density at radius 1 is 0.431 bits per heavy atom. The standard InChI is InChI=1S/C49H35NS/c1-49(2)43-15-9-8-14-41(43)47-44(49)28-29-45-48(47)42-27-26-40(31-46(42)51-45)50(38-22-18-34(19-23-38)32-10-4-3-5-11-32)39-24-20-35(21-25-39)37-17-16-33-12-6-7-13-36(33)30-37/h3-31H,1-2H3. The second-order valence-corrected chi connectivity index (χ2v) is 15.3. The van der Waals surface area contributed by atoms with E-state index in [1.54, 1.807) is 0 Å². The van der Waals surface area contributed by atoms with Crippen LogP contribution in [0.1, 0.15) is 25.0 Å². The molecular weight excluding hydrogens is 635 g/mol. The van der Waals surface area contributed by atoms with E-state index < -0.39 is 0 Å². The zero-order chi connectivity index (χ0) is 34.1. The molecule has 0 unspecified atom stereocenters. The van der Waals surface area contributed by atoms with E-state index >= 15 is 0 Å². The van der Waals surface area contributed by atoms with Gasteiger partial charge in [0.25, 0.3) is 0 Å². The first-order valence-corrected chi connectivity index (χ1v) is 18.5. The van der Waals surface area contributed by atoms with Crippen molar-refractivity contribution in [2.75, 3.05) is 4.90 Å². The van der Waals surface area contributed by atoms with E-state index in [1.807, 2.05) is 11.3 Å². The van der Waals surface area contributed by atoms with Crippen LogP contribution in [0.5, 0.6) is 0 Å². The van der Waals surface area contributed by atoms with Crippen molar-refractivity contribution < 1.29 is 0 Å². The van der Waals surface area contributed by atoms with E-state index in [0.717, 1.165) is 17.1 Å². The molecule has 8 aromatic carbocycles. The van der Waals surface area contributed by atoms with E-state index in [1.165, 1.54) is 75.5 Å². The molecule has 0 atom stereocenters. The Hall–Kier alpha value is -5.96. The first-order chi connectivity index (χ1) is 25.0. The number of rotatable bonds is 5. The minimum Gasteiger partial charge on any atom is -0.310 e. The van der Waals surface area contributed by atoms with Gasteiger partial charge in [-0.05, 0) is 104 Å². The summed E-state index contributed by atoms with van der Waals surface area (Å²) in [5.41, 5.74) is 13.9. The smallest absolute Gasteiger partial charge is 0.0476 e. The average Bonchev–Trinajstić information content (AvgIpc) is 3.67. The highest BCUT2D eigenvalue weighted by Crippen LogP contribution is 2.54. The Balaban J connectivity index is 1.10. The normalized spacial score (nSPS) is 13.1. The third-order valence-electron chi connectivity index (χ3n) is 10.9. The Morgan fingerprint density at radius 3 is 1.80 bits per heavy atom. The van der Waals surface area contributed by atoms with Crippen molar-refractivity contribution in [2.45, 2.75) is 19.3 Å². The quantitative estimate of drug-likeness (QED) is 0.176. The maximum atomic E-state index is 2.39. The van der Waals surface area contributed by atoms with Crippen LogP contribution in [0.25, 0.3) is 64.3 Å². The van der Waals surface area contributed by atoms with Crippen molar-refractivity contribution >= 4 is 59.3 Å². The molecule has 0 fully saturated rings. The maximum Gasteiger partial charge on any atom is 0.0476 e. The lowest BCUT2D eigenvalue weighted by molar-refractivity contribution is 0.661. The largest absolute Gasteiger partial charge is 0.310 e. The summed E-state index contributed by atoms with van der Waals surface area (Å²) in [4.78, 5) is 2.39. The summed E-state index contributed by atoms with van der Waals surface area (Å²) in [6, 6.07) is 64.6. The first kappa shape index (κ1) is 29.9. The number of thiophene rings is 1. The second kappa shape index (κ2) is 11.6. The molecule has 0 bridgehead atoms. The fourth-order valence-corrected chi connectivity index (χ4v) is 9.39. The molecule has 0 saturated heterocycles. The predicted octanol–water partition coefficient (Wildman–Crippen LogP) is 14.3. The van der Waals surface area contributed by atoms with Gasteiger partial charge >= 0.3 is 0 Å². The van der Waals surface area contributed by atoms with Crippen molar-refractivity contribution in [2.24, 2.45) is 0 Å². The van der Waals surface area contributed by atoms with Gasteiger partial charge in [-0.1, -0.05) is 141 Å². The molecule has 0 radical (unpaired) electrons. The Bertz CT molecular complexity index is 2750. The van der Waals surface area contributed by atoms with Gasteiger partial charge in [-0.3, -0.25) is 0 Å². The Morgan fingerprint density at radius 2 is 1.04 bits per heavy atom. The van der Waals surface area contributed by atoms with Crippen LogP contribution in [0, 0.1) is 0 Å². The van der Waals surface area contributed by atoms with Crippen LogP contribution in [0.15, 0.2) is 176 Å². The zero-order valence-electron chi connectivity index (χ0n) is 28.6. The SMILES string of the molecule is CC1(C)c2ccccc2-c2c1ccc1sc3cc(N(c4ccc(-c5ccccc5)cc4)c4ccc(-c5ccc6ccccc6c5)cc4)ccc3c21. The third kappa shape index (κ3) is 4.82. The fourth-order valence-electron chi connectivity index (χ4n) is 8.24. The molecule has 51 heavy (non-hydrogen) atoms. The molecule has 1 aliphatic rings. The molecule has 9 aromatic rings. The van der Waals surface area contributed by atoms with Crippen LogP contribution < -0.4 is 4.90 Å². The summed E-state index contributed by atoms with van der Waals surface area (Å²) < 4.78 is 2.64. The number of anilines is 3. The highest BCUT2D eigenvalue weighted by molar-refractivity contribution is 7.26. The summed E-state index contributed by atoms with van der Waals surface area (Å²) in [6.07, 6.45) is 0. The summed E-state index contributed by atoms with van der Waals surface area (Å²) in [7, 11) is 0. The van der Waals surface area contributed by atoms with Gasteiger partial charge in [-0.2, -0.15) is 0 Å². The molecule has 1 nitrogen and oxygen atoms in total. The molecule has 0 spiro atoms. The number of hydrogen-bond donors (Lipinski definition) is 0. The predicted molar refractivity (Wildman–Crippen MR) is 220 cm³/mol. The van der Waals surface area contributed by atoms with Crippen molar-refractivity contribution in [3.05, 3.63) is 187 Å². The molecular formula is C49H35NS. The highest BCUT2D eigenvalue weighted by Gasteiger charge is 2.36. The molecule has 0 N–H and O–H groups in total. The van der Waals surface area contributed by atoms with Crippen LogP contribution >= 0.6 is 11.3 Å². The summed E-state index contributed by atoms with van der Waals surface area (Å²) in [5, 5.41) is 5.23. The topological polar surface area (TPSA) is 3.24 Å². The van der Waals surface area contributed by atoms with E-state index in [9.17, 15) is 0 Å². The van der Waals surface area contributed by atoms with Gasteiger partial charge in [0, 0.05) is 42.6 Å². The van der Waals surface area contributed by atoms with Gasteiger partial charge < -0.3 is 4.90 Å². The van der Waals surface area contributed by atoms with Gasteiger partial charge in [0.05, 0.1) is 0 Å². The molecule has 1 heterocycles. The molecule has 0 aliphatic heterocycles. The lowest BCUT2D eigenvalue weighted by Gasteiger charge is -2.26. The van der Waals surface area contributed by atoms with E-state index in [-0.39, 0.29) is 5.41 Å². The number of benzene rings is 8. The first-order valence-electron chi connectivity index (χ1n) is 17.7. The van der Waals surface area contributed by atoms with Crippen LogP contribution in [-0.2, 0) is 5.41 Å². The van der Waals surface area contributed by atoms with Gasteiger partial charge in [0.15, 0.2) is 0 Å². The molecule has 2 heteroatoms. The van der Waals surface area contributed by atoms with Crippen LogP contribution in [0.2, 0.25) is 0 Å². The minimum atomic E-state index is -0.0178.